The summed E-state index contributed by atoms with van der Waals surface area (Å²) in [6, 6.07) is 7.70. The highest BCUT2D eigenvalue weighted by atomic mass is 15.2. The summed E-state index contributed by atoms with van der Waals surface area (Å²) in [7, 11) is 2.06. The van der Waals surface area contributed by atoms with Crippen LogP contribution in [-0.4, -0.2) is 36.1 Å². The summed E-state index contributed by atoms with van der Waals surface area (Å²) in [6.45, 7) is 2.36. The summed E-state index contributed by atoms with van der Waals surface area (Å²) in [5, 5.41) is 3.36. The summed E-state index contributed by atoms with van der Waals surface area (Å²) in [5.41, 5.74) is 1.27. The van der Waals surface area contributed by atoms with E-state index >= 15 is 0 Å². The molecular formula is C15H23N3. The van der Waals surface area contributed by atoms with Crippen LogP contribution in [0.1, 0.15) is 37.4 Å². The van der Waals surface area contributed by atoms with Gasteiger partial charge in [0.2, 0.25) is 0 Å². The van der Waals surface area contributed by atoms with Gasteiger partial charge >= 0.3 is 0 Å². The number of nitrogens with one attached hydrogen (secondary N) is 1. The monoisotopic (exact) mass is 245 g/mol. The van der Waals surface area contributed by atoms with Crippen LogP contribution in [0.25, 0.3) is 0 Å². The highest BCUT2D eigenvalue weighted by Crippen LogP contribution is 2.41. The second-order valence-electron chi connectivity index (χ2n) is 5.63. The van der Waals surface area contributed by atoms with Gasteiger partial charge in [0.25, 0.3) is 0 Å². The minimum Gasteiger partial charge on any atom is -0.319 e. The van der Waals surface area contributed by atoms with Gasteiger partial charge in [0.15, 0.2) is 0 Å². The average Bonchev–Trinajstić information content (AvgIpc) is 3.24. The van der Waals surface area contributed by atoms with E-state index in [9.17, 15) is 0 Å². The Labute approximate surface area is 110 Å². The minimum absolute atomic E-state index is 0.528. The van der Waals surface area contributed by atoms with Crippen molar-refractivity contribution in [2.75, 3.05) is 20.1 Å². The maximum atomic E-state index is 4.63. The lowest BCUT2D eigenvalue weighted by atomic mass is 9.86. The van der Waals surface area contributed by atoms with Crippen LogP contribution in [0, 0.1) is 5.92 Å². The smallest absolute Gasteiger partial charge is 0.0578 e. The number of hydrogen-bond acceptors (Lipinski definition) is 3. The van der Waals surface area contributed by atoms with Gasteiger partial charge in [-0.1, -0.05) is 6.07 Å². The van der Waals surface area contributed by atoms with Gasteiger partial charge in [0, 0.05) is 12.2 Å². The molecule has 1 aromatic heterocycles. The Balaban J connectivity index is 1.86. The van der Waals surface area contributed by atoms with E-state index in [2.05, 4.69) is 34.4 Å². The normalized spacial score (nSPS) is 29.4. The van der Waals surface area contributed by atoms with Crippen LogP contribution in [0.4, 0.5) is 0 Å². The SMILES string of the molecule is CNCC1CCCN(C2CC2)C1c1ccccn1. The number of likely N-dealkylation sites (tertiary alicyclic amines) is 1. The molecule has 3 rings (SSSR count). The zero-order valence-corrected chi connectivity index (χ0v) is 11.2. The minimum atomic E-state index is 0.528. The van der Waals surface area contributed by atoms with Gasteiger partial charge < -0.3 is 5.32 Å². The number of rotatable bonds is 4. The Kier molecular flexibility index (Phi) is 3.62. The molecule has 0 amide bonds. The standard InChI is InChI=1S/C15H23N3/c1-16-11-12-5-4-10-18(13-7-8-13)15(12)14-6-2-3-9-17-14/h2-3,6,9,12-13,15-16H,4-5,7-8,10-11H2,1H3. The first-order valence-corrected chi connectivity index (χ1v) is 7.21. The fourth-order valence-electron chi connectivity index (χ4n) is 3.36. The van der Waals surface area contributed by atoms with E-state index < -0.39 is 0 Å². The molecular weight excluding hydrogens is 222 g/mol. The third kappa shape index (κ3) is 2.43. The van der Waals surface area contributed by atoms with Crippen LogP contribution in [0.15, 0.2) is 24.4 Å². The molecule has 2 aliphatic rings. The molecule has 1 aromatic rings. The maximum absolute atomic E-state index is 4.63. The van der Waals surface area contributed by atoms with Crippen LogP contribution in [0.2, 0.25) is 0 Å². The zero-order valence-electron chi connectivity index (χ0n) is 11.2. The molecule has 98 valence electrons. The van der Waals surface area contributed by atoms with Gasteiger partial charge in [-0.05, 0) is 63.9 Å². The molecule has 0 spiro atoms. The van der Waals surface area contributed by atoms with Gasteiger partial charge in [-0.3, -0.25) is 9.88 Å². The second-order valence-corrected chi connectivity index (χ2v) is 5.63. The fraction of sp³-hybridized carbons (Fsp3) is 0.667. The van der Waals surface area contributed by atoms with E-state index in [0.717, 1.165) is 12.6 Å². The van der Waals surface area contributed by atoms with Gasteiger partial charge in [-0.15, -0.1) is 0 Å². The van der Waals surface area contributed by atoms with Crippen LogP contribution >= 0.6 is 0 Å². The van der Waals surface area contributed by atoms with Gasteiger partial charge in [0.1, 0.15) is 0 Å². The quantitative estimate of drug-likeness (QED) is 0.881. The molecule has 2 heterocycles. The molecule has 2 atom stereocenters. The van der Waals surface area contributed by atoms with Gasteiger partial charge in [-0.25, -0.2) is 0 Å². The number of hydrogen-bond donors (Lipinski definition) is 1. The second kappa shape index (κ2) is 5.37. The van der Waals surface area contributed by atoms with Gasteiger partial charge in [0.05, 0.1) is 11.7 Å². The van der Waals surface area contributed by atoms with Crippen molar-refractivity contribution in [1.29, 1.82) is 0 Å². The molecule has 1 aliphatic heterocycles. The van der Waals surface area contributed by atoms with Crippen molar-refractivity contribution in [3.63, 3.8) is 0 Å². The first kappa shape index (κ1) is 12.1. The molecule has 18 heavy (non-hydrogen) atoms. The third-order valence-corrected chi connectivity index (χ3v) is 4.27. The predicted octanol–water partition coefficient (Wildman–Crippen LogP) is 2.22. The molecule has 2 unspecified atom stereocenters. The van der Waals surface area contributed by atoms with Crippen LogP contribution in [0.5, 0.6) is 0 Å². The molecule has 0 bridgehead atoms. The average molecular weight is 245 g/mol. The highest BCUT2D eigenvalue weighted by molar-refractivity contribution is 5.13. The van der Waals surface area contributed by atoms with E-state index in [1.807, 2.05) is 12.3 Å². The number of nitrogens with zero attached hydrogens (tertiary/aromatic N) is 2. The van der Waals surface area contributed by atoms with Crippen molar-refractivity contribution in [2.45, 2.75) is 37.8 Å². The van der Waals surface area contributed by atoms with E-state index in [-0.39, 0.29) is 0 Å². The Morgan fingerprint density at radius 3 is 2.89 bits per heavy atom. The number of aromatic nitrogens is 1. The maximum Gasteiger partial charge on any atom is 0.0578 e. The largest absolute Gasteiger partial charge is 0.319 e. The molecule has 1 saturated heterocycles. The molecule has 1 saturated carbocycles. The van der Waals surface area contributed by atoms with Crippen molar-refractivity contribution in [1.82, 2.24) is 15.2 Å². The zero-order chi connectivity index (χ0) is 12.4. The summed E-state index contributed by atoms with van der Waals surface area (Å²) in [6.07, 6.45) is 7.37. The molecule has 1 aliphatic carbocycles. The lowest BCUT2D eigenvalue weighted by Gasteiger charge is -2.41. The van der Waals surface area contributed by atoms with E-state index in [1.54, 1.807) is 0 Å². The summed E-state index contributed by atoms with van der Waals surface area (Å²) >= 11 is 0. The van der Waals surface area contributed by atoms with E-state index in [1.165, 1.54) is 37.9 Å². The predicted molar refractivity (Wildman–Crippen MR) is 73.4 cm³/mol. The molecule has 2 fully saturated rings. The third-order valence-electron chi connectivity index (χ3n) is 4.27. The molecule has 0 aromatic carbocycles. The Morgan fingerprint density at radius 2 is 2.22 bits per heavy atom. The molecule has 3 heteroatoms. The first-order valence-electron chi connectivity index (χ1n) is 7.21. The van der Waals surface area contributed by atoms with Crippen molar-refractivity contribution in [3.05, 3.63) is 30.1 Å². The molecule has 0 radical (unpaired) electrons. The number of piperidine rings is 1. The van der Waals surface area contributed by atoms with Crippen molar-refractivity contribution >= 4 is 0 Å². The summed E-state index contributed by atoms with van der Waals surface area (Å²) in [5.74, 6) is 0.708. The number of pyridine rings is 1. The Morgan fingerprint density at radius 1 is 1.33 bits per heavy atom. The Hall–Kier alpha value is -0.930. The van der Waals surface area contributed by atoms with Crippen LogP contribution in [-0.2, 0) is 0 Å². The Bertz CT molecular complexity index is 373. The highest BCUT2D eigenvalue weighted by Gasteiger charge is 2.40. The molecule has 3 nitrogen and oxygen atoms in total. The molecule has 1 N–H and O–H groups in total. The van der Waals surface area contributed by atoms with Crippen molar-refractivity contribution in [3.8, 4) is 0 Å². The van der Waals surface area contributed by atoms with E-state index in [0.29, 0.717) is 12.0 Å². The van der Waals surface area contributed by atoms with Crippen LogP contribution < -0.4 is 5.32 Å². The van der Waals surface area contributed by atoms with E-state index in [4.69, 9.17) is 0 Å². The fourth-order valence-corrected chi connectivity index (χ4v) is 3.36. The first-order chi connectivity index (χ1) is 8.90. The van der Waals surface area contributed by atoms with Gasteiger partial charge in [-0.2, -0.15) is 0 Å². The summed E-state index contributed by atoms with van der Waals surface area (Å²) in [4.78, 5) is 7.34. The lowest BCUT2D eigenvalue weighted by molar-refractivity contribution is 0.0816. The van der Waals surface area contributed by atoms with Crippen molar-refractivity contribution < 1.29 is 0 Å². The lowest BCUT2D eigenvalue weighted by Crippen LogP contribution is -2.43. The van der Waals surface area contributed by atoms with Crippen LogP contribution in [0.3, 0.4) is 0 Å². The van der Waals surface area contributed by atoms with Crippen molar-refractivity contribution in [2.24, 2.45) is 5.92 Å². The topological polar surface area (TPSA) is 28.2 Å². The summed E-state index contributed by atoms with van der Waals surface area (Å²) < 4.78 is 0.